The Kier molecular flexibility index (Phi) is 8.10. The second-order valence-corrected chi connectivity index (χ2v) is 10.6. The first-order chi connectivity index (χ1) is 19.4. The summed E-state index contributed by atoms with van der Waals surface area (Å²) in [6.07, 6.45) is 11.3. The minimum Gasteiger partial charge on any atom is -0.368 e. The number of piperazine rings is 2. The van der Waals surface area contributed by atoms with E-state index in [1.165, 1.54) is 23.3 Å². The molecular weight excluding hydrogens is 499 g/mol. The third-order valence-electron chi connectivity index (χ3n) is 8.10. The van der Waals surface area contributed by atoms with Gasteiger partial charge >= 0.3 is 0 Å². The van der Waals surface area contributed by atoms with Gasteiger partial charge < -0.3 is 14.7 Å². The SMILES string of the molecule is C#Cc1cc(F)ccc1N1CCN(Cc2cc(C(=O)N3CCN(c4ccccc4C#C)CC3)c(C)cc2C)CC1. The van der Waals surface area contributed by atoms with Crippen molar-refractivity contribution in [2.75, 3.05) is 62.2 Å². The van der Waals surface area contributed by atoms with Crippen LogP contribution in [0.5, 0.6) is 0 Å². The lowest BCUT2D eigenvalue weighted by molar-refractivity contribution is 0.0746. The highest BCUT2D eigenvalue weighted by molar-refractivity contribution is 5.96. The van der Waals surface area contributed by atoms with Crippen molar-refractivity contribution >= 4 is 17.3 Å². The fourth-order valence-corrected chi connectivity index (χ4v) is 5.78. The number of hydrogen-bond acceptors (Lipinski definition) is 4. The van der Waals surface area contributed by atoms with Crippen molar-refractivity contribution in [2.45, 2.75) is 20.4 Å². The molecule has 2 aliphatic heterocycles. The zero-order valence-corrected chi connectivity index (χ0v) is 23.3. The highest BCUT2D eigenvalue weighted by Gasteiger charge is 2.26. The summed E-state index contributed by atoms with van der Waals surface area (Å²) in [5, 5.41) is 0. The molecule has 0 atom stereocenters. The first kappa shape index (κ1) is 27.3. The van der Waals surface area contributed by atoms with Gasteiger partial charge in [-0.25, -0.2) is 4.39 Å². The summed E-state index contributed by atoms with van der Waals surface area (Å²) in [6, 6.07) is 16.9. The number of carbonyl (C=O) groups excluding carboxylic acids is 1. The summed E-state index contributed by atoms with van der Waals surface area (Å²) in [5.74, 6) is 5.16. The molecule has 0 aromatic heterocycles. The van der Waals surface area contributed by atoms with Crippen LogP contribution in [0.3, 0.4) is 0 Å². The molecule has 1 amide bonds. The van der Waals surface area contributed by atoms with Gasteiger partial charge in [0.1, 0.15) is 5.82 Å². The molecule has 2 fully saturated rings. The van der Waals surface area contributed by atoms with Crippen LogP contribution in [0.2, 0.25) is 0 Å². The molecule has 0 saturated carbocycles. The molecule has 2 aliphatic rings. The van der Waals surface area contributed by atoms with Gasteiger partial charge in [0, 0.05) is 70.0 Å². The zero-order valence-electron chi connectivity index (χ0n) is 23.3. The number of benzene rings is 3. The van der Waals surface area contributed by atoms with Crippen LogP contribution in [0, 0.1) is 44.4 Å². The van der Waals surface area contributed by atoms with Crippen LogP contribution in [0.15, 0.2) is 54.6 Å². The van der Waals surface area contributed by atoms with Crippen molar-refractivity contribution in [3.8, 4) is 24.7 Å². The smallest absolute Gasteiger partial charge is 0.254 e. The van der Waals surface area contributed by atoms with Crippen LogP contribution in [0.1, 0.15) is 38.2 Å². The Balaban J connectivity index is 1.23. The predicted molar refractivity (Wildman–Crippen MR) is 160 cm³/mol. The van der Waals surface area contributed by atoms with E-state index < -0.39 is 0 Å². The van der Waals surface area contributed by atoms with E-state index in [9.17, 15) is 9.18 Å². The first-order valence-corrected chi connectivity index (χ1v) is 13.8. The summed E-state index contributed by atoms with van der Waals surface area (Å²) in [7, 11) is 0. The second kappa shape index (κ2) is 11.9. The molecule has 2 saturated heterocycles. The Morgan fingerprint density at radius 3 is 2.08 bits per heavy atom. The minimum absolute atomic E-state index is 0.0894. The lowest BCUT2D eigenvalue weighted by Gasteiger charge is -2.37. The number of anilines is 2. The number of rotatable bonds is 5. The molecule has 6 heteroatoms. The topological polar surface area (TPSA) is 30.0 Å². The molecule has 5 rings (SSSR count). The van der Waals surface area contributed by atoms with Crippen LogP contribution in [0.4, 0.5) is 15.8 Å². The lowest BCUT2D eigenvalue weighted by atomic mass is 9.98. The molecule has 204 valence electrons. The van der Waals surface area contributed by atoms with Gasteiger partial charge in [0.2, 0.25) is 0 Å². The van der Waals surface area contributed by atoms with Crippen LogP contribution < -0.4 is 9.80 Å². The fourth-order valence-electron chi connectivity index (χ4n) is 5.78. The quantitative estimate of drug-likeness (QED) is 0.445. The van der Waals surface area contributed by atoms with E-state index in [2.05, 4.69) is 51.7 Å². The van der Waals surface area contributed by atoms with E-state index in [0.717, 1.165) is 73.9 Å². The molecule has 40 heavy (non-hydrogen) atoms. The highest BCUT2D eigenvalue weighted by Crippen LogP contribution is 2.26. The van der Waals surface area contributed by atoms with Crippen LogP contribution in [-0.2, 0) is 6.54 Å². The number of para-hydroxylation sites is 1. The molecular formula is C34H35FN4O. The summed E-state index contributed by atoms with van der Waals surface area (Å²) < 4.78 is 13.6. The van der Waals surface area contributed by atoms with Gasteiger partial charge in [0.25, 0.3) is 5.91 Å². The Labute approximate surface area is 237 Å². The van der Waals surface area contributed by atoms with Crippen molar-refractivity contribution in [3.05, 3.63) is 93.8 Å². The van der Waals surface area contributed by atoms with Gasteiger partial charge in [-0.1, -0.05) is 30.0 Å². The van der Waals surface area contributed by atoms with Crippen molar-refractivity contribution in [3.63, 3.8) is 0 Å². The van der Waals surface area contributed by atoms with E-state index in [4.69, 9.17) is 12.8 Å². The Morgan fingerprint density at radius 2 is 1.40 bits per heavy atom. The first-order valence-electron chi connectivity index (χ1n) is 13.8. The van der Waals surface area contributed by atoms with Crippen molar-refractivity contribution < 1.29 is 9.18 Å². The predicted octanol–water partition coefficient (Wildman–Crippen LogP) is 4.69. The molecule has 3 aromatic carbocycles. The Morgan fingerprint density at radius 1 is 0.775 bits per heavy atom. The zero-order chi connectivity index (χ0) is 28.2. The summed E-state index contributed by atoms with van der Waals surface area (Å²) in [4.78, 5) is 22.5. The summed E-state index contributed by atoms with van der Waals surface area (Å²) in [5.41, 5.74) is 7.60. The van der Waals surface area contributed by atoms with Crippen LogP contribution >= 0.6 is 0 Å². The van der Waals surface area contributed by atoms with E-state index in [-0.39, 0.29) is 11.7 Å². The highest BCUT2D eigenvalue weighted by atomic mass is 19.1. The largest absolute Gasteiger partial charge is 0.368 e. The summed E-state index contributed by atoms with van der Waals surface area (Å²) >= 11 is 0. The van der Waals surface area contributed by atoms with Gasteiger partial charge in [0.05, 0.1) is 16.9 Å². The number of amides is 1. The Hall–Kier alpha value is -4.26. The maximum atomic E-state index is 13.6. The number of halogens is 1. The standard InChI is InChI=1S/C34H35FN4O/c1-5-27-9-7-8-10-32(27)38-17-19-39(20-18-38)34(40)31-23-29(25(3)21-26(31)4)24-36-13-15-37(16-14-36)33-12-11-30(35)22-28(33)6-2/h1-2,7-12,21-23H,13-20,24H2,3-4H3. The van der Waals surface area contributed by atoms with Gasteiger partial charge in [-0.15, -0.1) is 12.8 Å². The third-order valence-corrected chi connectivity index (χ3v) is 8.10. The molecule has 0 aliphatic carbocycles. The molecule has 0 radical (unpaired) electrons. The van der Waals surface area contributed by atoms with Crippen molar-refractivity contribution in [1.82, 2.24) is 9.80 Å². The van der Waals surface area contributed by atoms with Crippen molar-refractivity contribution in [1.29, 1.82) is 0 Å². The number of carbonyl (C=O) groups is 1. The maximum Gasteiger partial charge on any atom is 0.254 e. The minimum atomic E-state index is -0.313. The summed E-state index contributed by atoms with van der Waals surface area (Å²) in [6.45, 7) is 11.1. The molecule has 0 N–H and O–H groups in total. The van der Waals surface area contributed by atoms with Gasteiger partial charge in [-0.2, -0.15) is 0 Å². The van der Waals surface area contributed by atoms with Gasteiger partial charge in [-0.05, 0) is 66.9 Å². The molecule has 0 unspecified atom stereocenters. The van der Waals surface area contributed by atoms with Crippen LogP contribution in [0.25, 0.3) is 0 Å². The van der Waals surface area contributed by atoms with Gasteiger partial charge in [0.15, 0.2) is 0 Å². The number of terminal acetylenes is 2. The van der Waals surface area contributed by atoms with E-state index in [1.54, 1.807) is 6.07 Å². The fraction of sp³-hybridized carbons (Fsp3) is 0.324. The Bertz CT molecular complexity index is 1480. The maximum absolute atomic E-state index is 13.6. The third kappa shape index (κ3) is 5.69. The molecule has 5 nitrogen and oxygen atoms in total. The molecule has 0 spiro atoms. The molecule has 2 heterocycles. The number of hydrogen-bond donors (Lipinski definition) is 0. The van der Waals surface area contributed by atoms with E-state index >= 15 is 0 Å². The average Bonchev–Trinajstić information content (AvgIpc) is 2.98. The number of nitrogens with zero attached hydrogens (tertiary/aromatic N) is 4. The number of aryl methyl sites for hydroxylation is 2. The lowest BCUT2D eigenvalue weighted by Crippen LogP contribution is -2.49. The average molecular weight is 535 g/mol. The van der Waals surface area contributed by atoms with Crippen LogP contribution in [-0.4, -0.2) is 68.1 Å². The van der Waals surface area contributed by atoms with Gasteiger partial charge in [-0.3, -0.25) is 9.69 Å². The monoisotopic (exact) mass is 534 g/mol. The normalized spacial score (nSPS) is 16.0. The van der Waals surface area contributed by atoms with E-state index in [1.807, 2.05) is 30.0 Å². The molecule has 0 bridgehead atoms. The molecule has 3 aromatic rings. The second-order valence-electron chi connectivity index (χ2n) is 10.6. The van der Waals surface area contributed by atoms with Crippen molar-refractivity contribution in [2.24, 2.45) is 0 Å². The van der Waals surface area contributed by atoms with E-state index in [0.29, 0.717) is 18.7 Å².